The van der Waals surface area contributed by atoms with Gasteiger partial charge in [-0.05, 0) is 0 Å². The van der Waals surface area contributed by atoms with E-state index in [0.717, 1.165) is 27.3 Å². The van der Waals surface area contributed by atoms with Crippen LogP contribution in [0, 0.1) is 35.6 Å². The molecule has 0 unspecified atom stereocenters. The predicted octanol–water partition coefficient (Wildman–Crippen LogP) is -1.20. The molecule has 0 rings (SSSR count). The Kier molecular flexibility index (Phi) is 49.3. The third kappa shape index (κ3) is 391. The van der Waals surface area contributed by atoms with E-state index >= 15 is 0 Å². The van der Waals surface area contributed by atoms with Crippen molar-refractivity contribution < 1.29 is 70.4 Å². The average Bonchev–Trinajstić information content (AvgIpc) is 2.15. The fourth-order valence-electron chi connectivity index (χ4n) is 0.306. The van der Waals surface area contributed by atoms with Crippen molar-refractivity contribution >= 4 is 17.9 Å². The Hall–Kier alpha value is -0.515. The van der Waals surface area contributed by atoms with Gasteiger partial charge in [0.15, 0.2) is 0 Å². The van der Waals surface area contributed by atoms with E-state index in [1.54, 1.807) is 0 Å². The first-order valence-electron chi connectivity index (χ1n) is 5.21. The van der Waals surface area contributed by atoms with Gasteiger partial charge in [-0.15, -0.1) is 0 Å². The Balaban J connectivity index is -0.0000000512. The molecule has 0 atom stereocenters. The molecule has 0 heterocycles. The van der Waals surface area contributed by atoms with Crippen LogP contribution < -0.4 is 11.1 Å². The van der Waals surface area contributed by atoms with Crippen LogP contribution in [0.5, 0.6) is 0 Å². The summed E-state index contributed by atoms with van der Waals surface area (Å²) in [5, 5.41) is 33.3. The van der Waals surface area contributed by atoms with E-state index in [0.29, 0.717) is 13.1 Å². The molecule has 0 aliphatic carbocycles. The Morgan fingerprint density at radius 3 is 1.30 bits per heavy atom. The Labute approximate surface area is 146 Å². The third-order valence-corrected chi connectivity index (χ3v) is 0.610. The van der Waals surface area contributed by atoms with Gasteiger partial charge in [-0.25, -0.2) is 0 Å². The van der Waals surface area contributed by atoms with Crippen LogP contribution in [-0.2, 0) is 14.4 Å². The second kappa shape index (κ2) is 31.1. The van der Waals surface area contributed by atoms with Gasteiger partial charge >= 0.3 is 0 Å². The maximum absolute atomic E-state index is 9.00. The maximum Gasteiger partial charge on any atom is 0.300 e. The Morgan fingerprint density at radius 2 is 1.15 bits per heavy atom. The first-order chi connectivity index (χ1) is 8.61. The van der Waals surface area contributed by atoms with E-state index in [2.05, 4.69) is 5.32 Å². The van der Waals surface area contributed by atoms with Gasteiger partial charge in [-0.3, -0.25) is 14.4 Å². The van der Waals surface area contributed by atoms with Gasteiger partial charge < -0.3 is 31.5 Å². The summed E-state index contributed by atoms with van der Waals surface area (Å²) in [7, 11) is 0. The van der Waals surface area contributed by atoms with Crippen molar-refractivity contribution in [3.8, 4) is 0 Å². The zero-order valence-electron chi connectivity index (χ0n) is 12.0. The molecule has 1 radical (unpaired) electrons. The molecular formula is C10H24LaN2O7. The van der Waals surface area contributed by atoms with Crippen molar-refractivity contribution in [1.82, 2.24) is 5.32 Å². The van der Waals surface area contributed by atoms with Gasteiger partial charge in [-0.2, -0.15) is 0 Å². The molecule has 0 spiro atoms. The second-order valence-electron chi connectivity index (χ2n) is 2.82. The third-order valence-electron chi connectivity index (χ3n) is 0.610. The summed E-state index contributed by atoms with van der Waals surface area (Å²) in [4.78, 5) is 27.0. The molecule has 0 saturated carbocycles. The monoisotopic (exact) mass is 423 g/mol. The van der Waals surface area contributed by atoms with Crippen molar-refractivity contribution in [2.75, 3.05) is 26.2 Å². The predicted molar refractivity (Wildman–Crippen MR) is 68.9 cm³/mol. The van der Waals surface area contributed by atoms with Crippen LogP contribution >= 0.6 is 0 Å². The molecule has 9 nitrogen and oxygen atoms in total. The van der Waals surface area contributed by atoms with E-state index in [-0.39, 0.29) is 42.2 Å². The number of carboxylic acid groups (broad SMARTS) is 3. The number of aliphatic hydroxyl groups excluding tert-OH is 1. The van der Waals surface area contributed by atoms with Gasteiger partial charge in [0.25, 0.3) is 17.9 Å². The van der Waals surface area contributed by atoms with E-state index < -0.39 is 17.9 Å². The van der Waals surface area contributed by atoms with Crippen molar-refractivity contribution in [2.24, 2.45) is 5.73 Å². The number of hydrogen-bond donors (Lipinski definition) is 6. The van der Waals surface area contributed by atoms with E-state index in [4.69, 9.17) is 40.5 Å². The number of aliphatic hydroxyl groups is 1. The number of hydrogen-bond acceptors (Lipinski definition) is 6. The van der Waals surface area contributed by atoms with Crippen LogP contribution in [0.25, 0.3) is 0 Å². The first kappa shape index (κ1) is 31.7. The van der Waals surface area contributed by atoms with Crippen LogP contribution in [0.2, 0.25) is 0 Å². The molecule has 0 aliphatic rings. The Bertz CT molecular complexity index is 183. The largest absolute Gasteiger partial charge is 0.481 e. The zero-order valence-corrected chi connectivity index (χ0v) is 15.6. The smallest absolute Gasteiger partial charge is 0.300 e. The van der Waals surface area contributed by atoms with Crippen LogP contribution in [0.15, 0.2) is 0 Å². The first-order valence-corrected chi connectivity index (χ1v) is 5.21. The fourth-order valence-corrected chi connectivity index (χ4v) is 0.306. The molecule has 10 heteroatoms. The van der Waals surface area contributed by atoms with Gasteiger partial charge in [-0.1, -0.05) is 0 Å². The standard InChI is InChI=1S/C4H12N2O.3C2H4O2.La/c5-1-2-6-3-4-7;3*1-2(3)4;/h6-7H,1-5H2;3*1H3,(H,3,4);. The summed E-state index contributed by atoms with van der Waals surface area (Å²) in [6, 6.07) is 0. The van der Waals surface area contributed by atoms with Crippen molar-refractivity contribution in [3.63, 3.8) is 0 Å². The van der Waals surface area contributed by atoms with E-state index in [9.17, 15) is 0 Å². The van der Waals surface area contributed by atoms with Crippen LogP contribution in [0.4, 0.5) is 0 Å². The molecule has 0 aliphatic heterocycles. The van der Waals surface area contributed by atoms with Crippen molar-refractivity contribution in [1.29, 1.82) is 0 Å². The summed E-state index contributed by atoms with van der Waals surface area (Å²) in [6.07, 6.45) is 0. The fraction of sp³-hybridized carbons (Fsp3) is 0.700. The quantitative estimate of drug-likeness (QED) is 0.304. The SMILES string of the molecule is CC(=O)O.CC(=O)O.CC(=O)O.NCCNCCO.[La]. The maximum atomic E-state index is 9.00. The molecule has 20 heavy (non-hydrogen) atoms. The molecule has 0 fully saturated rings. The minimum atomic E-state index is -0.833. The van der Waals surface area contributed by atoms with Crippen molar-refractivity contribution in [3.05, 3.63) is 0 Å². The molecular weight excluding hydrogens is 399 g/mol. The Morgan fingerprint density at radius 1 is 0.900 bits per heavy atom. The summed E-state index contributed by atoms with van der Waals surface area (Å²) < 4.78 is 0. The number of nitrogens with one attached hydrogen (secondary N) is 1. The van der Waals surface area contributed by atoms with Crippen LogP contribution in [0.1, 0.15) is 20.8 Å². The summed E-state index contributed by atoms with van der Waals surface area (Å²) >= 11 is 0. The number of rotatable bonds is 4. The second-order valence-corrected chi connectivity index (χ2v) is 2.82. The van der Waals surface area contributed by atoms with E-state index in [1.807, 2.05) is 0 Å². The zero-order chi connectivity index (χ0) is 16.3. The molecule has 0 saturated heterocycles. The molecule has 0 bridgehead atoms. The number of carbonyl (C=O) groups is 3. The molecule has 0 aromatic heterocycles. The topological polar surface area (TPSA) is 170 Å². The minimum Gasteiger partial charge on any atom is -0.481 e. The summed E-state index contributed by atoms with van der Waals surface area (Å²) in [6.45, 7) is 5.53. The average molecular weight is 423 g/mol. The minimum absolute atomic E-state index is 0. The molecule has 7 N–H and O–H groups in total. The van der Waals surface area contributed by atoms with Gasteiger partial charge in [0, 0.05) is 76.0 Å². The number of aliphatic carboxylic acids is 3. The molecule has 0 aromatic rings. The van der Waals surface area contributed by atoms with E-state index in [1.165, 1.54) is 0 Å². The number of nitrogens with two attached hydrogens (primary N) is 1. The summed E-state index contributed by atoms with van der Waals surface area (Å²) in [5.74, 6) is -2.50. The van der Waals surface area contributed by atoms with Gasteiger partial charge in [0.2, 0.25) is 0 Å². The van der Waals surface area contributed by atoms with Crippen molar-refractivity contribution in [2.45, 2.75) is 20.8 Å². The van der Waals surface area contributed by atoms with Gasteiger partial charge in [0.05, 0.1) is 6.61 Å². The normalized spacial score (nSPS) is 7.05. The molecule has 0 aromatic carbocycles. The molecule has 0 amide bonds. The van der Waals surface area contributed by atoms with Crippen LogP contribution in [0.3, 0.4) is 0 Å². The number of carboxylic acids is 3. The van der Waals surface area contributed by atoms with Crippen LogP contribution in [-0.4, -0.2) is 64.6 Å². The van der Waals surface area contributed by atoms with Gasteiger partial charge in [0.1, 0.15) is 0 Å². The summed E-state index contributed by atoms with van der Waals surface area (Å²) in [5.41, 5.74) is 5.13. The molecule has 119 valence electrons.